The van der Waals surface area contributed by atoms with Gasteiger partial charge in [-0.15, -0.1) is 0 Å². The summed E-state index contributed by atoms with van der Waals surface area (Å²) in [4.78, 5) is 4.44. The van der Waals surface area contributed by atoms with E-state index in [4.69, 9.17) is 5.90 Å². The second kappa shape index (κ2) is 4.05. The number of nitrogens with one attached hydrogen (secondary N) is 1. The van der Waals surface area contributed by atoms with Gasteiger partial charge >= 0.3 is 0 Å². The summed E-state index contributed by atoms with van der Waals surface area (Å²) in [5, 5.41) is 2.85. The van der Waals surface area contributed by atoms with Gasteiger partial charge in [0.2, 0.25) is 0 Å². The Hall–Kier alpha value is -0.120. The Morgan fingerprint density at radius 1 is 1.86 bits per heavy atom. The van der Waals surface area contributed by atoms with E-state index in [1.807, 2.05) is 6.92 Å². The van der Waals surface area contributed by atoms with Gasteiger partial charge in [0.25, 0.3) is 0 Å². The molecule has 3 N–H and O–H groups in total. The summed E-state index contributed by atoms with van der Waals surface area (Å²) in [5.41, 5.74) is 0. The van der Waals surface area contributed by atoms with Crippen molar-refractivity contribution in [2.45, 2.75) is 19.6 Å². The van der Waals surface area contributed by atoms with Gasteiger partial charge in [0, 0.05) is 0 Å². The molecule has 0 spiro atoms. The van der Waals surface area contributed by atoms with E-state index < -0.39 is 0 Å². The number of hydrogen-bond acceptors (Lipinski definition) is 3. The van der Waals surface area contributed by atoms with E-state index in [0.29, 0.717) is 0 Å². The molecule has 0 aliphatic carbocycles. The summed E-state index contributed by atoms with van der Waals surface area (Å²) in [6.07, 6.45) is 0.910. The van der Waals surface area contributed by atoms with Gasteiger partial charge in [-0.1, -0.05) is 6.92 Å². The summed E-state index contributed by atoms with van der Waals surface area (Å²) < 4.78 is 0. The molecule has 0 bridgehead atoms. The maximum atomic E-state index is 4.83. The predicted molar refractivity (Wildman–Crippen MR) is 28.4 cm³/mol. The highest BCUT2D eigenvalue weighted by atomic mass is 16.6. The Kier molecular flexibility index (Phi) is 3.98. The Balaban J connectivity index is 2.99. The van der Waals surface area contributed by atoms with Crippen LogP contribution in [-0.4, -0.2) is 13.3 Å². The molecule has 0 aliphatic heterocycles. The van der Waals surface area contributed by atoms with E-state index in [0.717, 1.165) is 6.42 Å². The standard InChI is InChI=1S/C4H12N2O/c1-3-4(6-2)7-5/h4,6H,3,5H2,1-2H3. The maximum Gasteiger partial charge on any atom is 0.128 e. The molecule has 0 aromatic carbocycles. The number of rotatable bonds is 3. The molecular formula is C4H12N2O. The van der Waals surface area contributed by atoms with E-state index in [1.165, 1.54) is 0 Å². The average Bonchev–Trinajstić information content (AvgIpc) is 1.72. The zero-order valence-corrected chi connectivity index (χ0v) is 4.77. The normalized spacial score (nSPS) is 14.1. The van der Waals surface area contributed by atoms with Crippen LogP contribution in [0.5, 0.6) is 0 Å². The minimum atomic E-state index is 0.0139. The molecule has 0 fully saturated rings. The molecule has 3 heteroatoms. The molecule has 1 atom stereocenters. The van der Waals surface area contributed by atoms with Crippen LogP contribution in [-0.2, 0) is 4.84 Å². The monoisotopic (exact) mass is 104 g/mol. The zero-order chi connectivity index (χ0) is 5.70. The van der Waals surface area contributed by atoms with Crippen molar-refractivity contribution in [2.24, 2.45) is 5.90 Å². The van der Waals surface area contributed by atoms with Crippen molar-refractivity contribution in [3.63, 3.8) is 0 Å². The van der Waals surface area contributed by atoms with Crippen LogP contribution in [0.1, 0.15) is 13.3 Å². The minimum Gasteiger partial charge on any atom is -0.294 e. The van der Waals surface area contributed by atoms with Crippen molar-refractivity contribution < 1.29 is 4.84 Å². The molecule has 0 radical (unpaired) electrons. The first-order chi connectivity index (χ1) is 3.35. The lowest BCUT2D eigenvalue weighted by atomic mass is 10.4. The van der Waals surface area contributed by atoms with Crippen LogP contribution in [0.3, 0.4) is 0 Å². The van der Waals surface area contributed by atoms with Crippen LogP contribution in [0.25, 0.3) is 0 Å². The van der Waals surface area contributed by atoms with E-state index >= 15 is 0 Å². The molecule has 0 saturated carbocycles. The van der Waals surface area contributed by atoms with Crippen LogP contribution in [0.2, 0.25) is 0 Å². The predicted octanol–water partition coefficient (Wildman–Crippen LogP) is -0.168. The molecule has 3 nitrogen and oxygen atoms in total. The molecule has 7 heavy (non-hydrogen) atoms. The SMILES string of the molecule is CCC(NC)ON. The van der Waals surface area contributed by atoms with E-state index in [9.17, 15) is 0 Å². The van der Waals surface area contributed by atoms with Crippen molar-refractivity contribution in [3.8, 4) is 0 Å². The van der Waals surface area contributed by atoms with Crippen molar-refractivity contribution in [2.75, 3.05) is 7.05 Å². The lowest BCUT2D eigenvalue weighted by Crippen LogP contribution is -2.29. The van der Waals surface area contributed by atoms with Gasteiger partial charge < -0.3 is 0 Å². The fourth-order valence-corrected chi connectivity index (χ4v) is 0.368. The van der Waals surface area contributed by atoms with Gasteiger partial charge in [0.1, 0.15) is 6.23 Å². The fourth-order valence-electron chi connectivity index (χ4n) is 0.368. The Morgan fingerprint density at radius 2 is 2.43 bits per heavy atom. The van der Waals surface area contributed by atoms with Crippen LogP contribution in [0, 0.1) is 0 Å². The van der Waals surface area contributed by atoms with Gasteiger partial charge in [0.15, 0.2) is 0 Å². The largest absolute Gasteiger partial charge is 0.294 e. The van der Waals surface area contributed by atoms with Gasteiger partial charge in [0.05, 0.1) is 0 Å². The summed E-state index contributed by atoms with van der Waals surface area (Å²) in [5.74, 6) is 4.83. The van der Waals surface area contributed by atoms with Crippen molar-refractivity contribution >= 4 is 0 Å². The van der Waals surface area contributed by atoms with Crippen LogP contribution in [0.15, 0.2) is 0 Å². The van der Waals surface area contributed by atoms with E-state index in [2.05, 4.69) is 10.2 Å². The van der Waals surface area contributed by atoms with Gasteiger partial charge in [-0.2, -0.15) is 0 Å². The second-order valence-electron chi connectivity index (χ2n) is 1.32. The highest BCUT2D eigenvalue weighted by Gasteiger charge is 1.95. The van der Waals surface area contributed by atoms with Gasteiger partial charge in [-0.05, 0) is 13.5 Å². The Labute approximate surface area is 43.8 Å². The summed E-state index contributed by atoms with van der Waals surface area (Å²) in [6.45, 7) is 1.99. The third-order valence-electron chi connectivity index (χ3n) is 0.857. The highest BCUT2D eigenvalue weighted by molar-refractivity contribution is 4.42. The topological polar surface area (TPSA) is 47.3 Å². The number of hydrogen-bond donors (Lipinski definition) is 2. The number of nitrogens with two attached hydrogens (primary N) is 1. The third-order valence-corrected chi connectivity index (χ3v) is 0.857. The zero-order valence-electron chi connectivity index (χ0n) is 4.77. The van der Waals surface area contributed by atoms with E-state index in [1.54, 1.807) is 7.05 Å². The summed E-state index contributed by atoms with van der Waals surface area (Å²) in [6, 6.07) is 0. The quantitative estimate of drug-likeness (QED) is 0.386. The lowest BCUT2D eigenvalue weighted by molar-refractivity contribution is 0.0322. The molecule has 0 aromatic heterocycles. The molecule has 44 valence electrons. The molecular weight excluding hydrogens is 92.1 g/mol. The van der Waals surface area contributed by atoms with Gasteiger partial charge in [-0.3, -0.25) is 10.2 Å². The molecule has 0 heterocycles. The molecule has 0 aliphatic rings. The van der Waals surface area contributed by atoms with Crippen molar-refractivity contribution in [1.82, 2.24) is 5.32 Å². The Morgan fingerprint density at radius 3 is 2.43 bits per heavy atom. The van der Waals surface area contributed by atoms with Crippen molar-refractivity contribution in [1.29, 1.82) is 0 Å². The molecule has 0 amide bonds. The minimum absolute atomic E-state index is 0.0139. The molecule has 1 unspecified atom stereocenters. The molecule has 0 saturated heterocycles. The Bertz CT molecular complexity index is 31.2. The second-order valence-corrected chi connectivity index (χ2v) is 1.32. The van der Waals surface area contributed by atoms with Crippen molar-refractivity contribution in [3.05, 3.63) is 0 Å². The average molecular weight is 104 g/mol. The highest BCUT2D eigenvalue weighted by Crippen LogP contribution is 1.84. The first-order valence-corrected chi connectivity index (χ1v) is 2.38. The molecule has 0 rings (SSSR count). The smallest absolute Gasteiger partial charge is 0.128 e. The third kappa shape index (κ3) is 2.56. The summed E-state index contributed by atoms with van der Waals surface area (Å²) >= 11 is 0. The van der Waals surface area contributed by atoms with Crippen LogP contribution >= 0.6 is 0 Å². The molecule has 0 aromatic rings. The summed E-state index contributed by atoms with van der Waals surface area (Å²) in [7, 11) is 1.81. The van der Waals surface area contributed by atoms with Crippen LogP contribution in [0.4, 0.5) is 0 Å². The van der Waals surface area contributed by atoms with E-state index in [-0.39, 0.29) is 6.23 Å². The lowest BCUT2D eigenvalue weighted by Gasteiger charge is -2.08. The van der Waals surface area contributed by atoms with Gasteiger partial charge in [-0.25, -0.2) is 5.90 Å². The first kappa shape index (κ1) is 6.88. The van der Waals surface area contributed by atoms with Crippen LogP contribution < -0.4 is 11.2 Å². The maximum absolute atomic E-state index is 4.83. The first-order valence-electron chi connectivity index (χ1n) is 2.38. The fraction of sp³-hybridized carbons (Fsp3) is 1.00.